The molecule has 0 atom stereocenters. The van der Waals surface area contributed by atoms with E-state index >= 15 is 0 Å². The van der Waals surface area contributed by atoms with E-state index in [2.05, 4.69) is 28.2 Å². The first kappa shape index (κ1) is 22.8. The third-order valence-corrected chi connectivity index (χ3v) is 6.82. The normalized spacial score (nSPS) is 15.7. The molecule has 3 rings (SSSR count). The van der Waals surface area contributed by atoms with Crippen LogP contribution in [0.15, 0.2) is 40.9 Å². The Morgan fingerprint density at radius 2 is 1.83 bits per heavy atom. The van der Waals surface area contributed by atoms with Gasteiger partial charge in [-0.05, 0) is 64.0 Å². The number of anilines is 1. The van der Waals surface area contributed by atoms with Crippen molar-refractivity contribution >= 4 is 27.6 Å². The predicted molar refractivity (Wildman–Crippen MR) is 123 cm³/mol. The number of nitrogen functional groups attached to an aromatic ring is 1. The number of nitrogens with two attached hydrogens (primary N) is 1. The number of esters is 1. The fourth-order valence-corrected chi connectivity index (χ4v) is 4.58. The lowest BCUT2D eigenvalue weighted by Crippen LogP contribution is -2.45. The van der Waals surface area contributed by atoms with E-state index in [9.17, 15) is 4.79 Å². The summed E-state index contributed by atoms with van der Waals surface area (Å²) in [5, 5.41) is 12.9. The zero-order valence-electron chi connectivity index (χ0n) is 17.5. The molecule has 0 radical (unpaired) electrons. The lowest BCUT2D eigenvalue weighted by atomic mass is 9.79. The molecule has 2 aromatic carbocycles. The van der Waals surface area contributed by atoms with Crippen molar-refractivity contribution in [1.82, 2.24) is 5.32 Å². The van der Waals surface area contributed by atoms with Crippen molar-refractivity contribution in [2.75, 3.05) is 5.73 Å². The van der Waals surface area contributed by atoms with Gasteiger partial charge < -0.3 is 20.9 Å². The van der Waals surface area contributed by atoms with E-state index in [0.29, 0.717) is 22.3 Å². The summed E-state index contributed by atoms with van der Waals surface area (Å²) in [5.41, 5.74) is 10.2. The average molecular weight is 475 g/mol. The summed E-state index contributed by atoms with van der Waals surface area (Å²) in [6.07, 6.45) is 7.27. The Labute approximate surface area is 187 Å². The van der Waals surface area contributed by atoms with Crippen molar-refractivity contribution in [2.45, 2.75) is 70.7 Å². The molecule has 1 fully saturated rings. The van der Waals surface area contributed by atoms with Crippen LogP contribution in [0, 0.1) is 0 Å². The Kier molecular flexibility index (Phi) is 7.92. The summed E-state index contributed by atoms with van der Waals surface area (Å²) in [5.74, 6) is -0.383. The third kappa shape index (κ3) is 5.62. The highest BCUT2D eigenvalue weighted by molar-refractivity contribution is 9.10. The van der Waals surface area contributed by atoms with Crippen LogP contribution in [0.5, 0.6) is 0 Å². The Hall–Kier alpha value is -1.89. The maximum atomic E-state index is 12.6. The van der Waals surface area contributed by atoms with Crippen molar-refractivity contribution in [1.29, 1.82) is 0 Å². The van der Waals surface area contributed by atoms with Gasteiger partial charge in [-0.1, -0.05) is 50.5 Å². The van der Waals surface area contributed by atoms with Gasteiger partial charge in [-0.3, -0.25) is 0 Å². The quantitative estimate of drug-likeness (QED) is 0.366. The van der Waals surface area contributed by atoms with Gasteiger partial charge in [0.15, 0.2) is 0 Å². The Morgan fingerprint density at radius 3 is 2.47 bits per heavy atom. The van der Waals surface area contributed by atoms with Gasteiger partial charge in [-0.25, -0.2) is 4.79 Å². The molecule has 0 saturated heterocycles. The molecule has 6 heteroatoms. The number of rotatable bonds is 8. The first-order valence-electron chi connectivity index (χ1n) is 10.6. The van der Waals surface area contributed by atoms with Crippen LogP contribution in [-0.4, -0.2) is 16.6 Å². The smallest absolute Gasteiger partial charge is 0.338 e. The number of carbonyl (C=O) groups excluding carboxylic acids is 1. The maximum Gasteiger partial charge on any atom is 0.338 e. The number of halogens is 1. The Morgan fingerprint density at radius 1 is 1.17 bits per heavy atom. The number of benzene rings is 2. The lowest BCUT2D eigenvalue weighted by molar-refractivity contribution is 0.0472. The minimum atomic E-state index is -0.383. The van der Waals surface area contributed by atoms with E-state index in [1.807, 2.05) is 30.3 Å². The Bertz CT molecular complexity index is 861. The standard InChI is InChI=1S/C24H31BrN2O3/c1-2-24(10-4-3-5-11-24)27-14-20-12-19(13-21(25)22(20)26)23(29)30-16-18-8-6-17(15-28)7-9-18/h6-9,12-13,27-28H,2-5,10-11,14-16,26H2,1H3. The summed E-state index contributed by atoms with van der Waals surface area (Å²) in [6, 6.07) is 10.9. The van der Waals surface area contributed by atoms with Crippen molar-refractivity contribution in [3.63, 3.8) is 0 Å². The minimum Gasteiger partial charge on any atom is -0.457 e. The molecule has 30 heavy (non-hydrogen) atoms. The molecule has 0 bridgehead atoms. The van der Waals surface area contributed by atoms with Crippen molar-refractivity contribution in [3.05, 3.63) is 63.1 Å². The molecule has 0 unspecified atom stereocenters. The molecular weight excluding hydrogens is 444 g/mol. The fraction of sp³-hybridized carbons (Fsp3) is 0.458. The average Bonchev–Trinajstić information content (AvgIpc) is 2.79. The van der Waals surface area contributed by atoms with E-state index < -0.39 is 0 Å². The molecule has 0 heterocycles. The molecular formula is C24H31BrN2O3. The number of hydrogen-bond donors (Lipinski definition) is 3. The molecule has 2 aromatic rings. The van der Waals surface area contributed by atoms with Crippen LogP contribution in [0.2, 0.25) is 0 Å². The summed E-state index contributed by atoms with van der Waals surface area (Å²) in [6.45, 7) is 3.04. The van der Waals surface area contributed by atoms with Gasteiger partial charge in [0.1, 0.15) is 6.61 Å². The van der Waals surface area contributed by atoms with Gasteiger partial charge in [0.25, 0.3) is 0 Å². The van der Waals surface area contributed by atoms with Gasteiger partial charge >= 0.3 is 5.97 Å². The van der Waals surface area contributed by atoms with Gasteiger partial charge in [0, 0.05) is 16.6 Å². The molecule has 4 N–H and O–H groups in total. The van der Waals surface area contributed by atoms with Gasteiger partial charge in [-0.15, -0.1) is 0 Å². The third-order valence-electron chi connectivity index (χ3n) is 6.17. The Balaban J connectivity index is 1.67. The van der Waals surface area contributed by atoms with Crippen LogP contribution in [0.25, 0.3) is 0 Å². The van der Waals surface area contributed by atoms with Crippen LogP contribution >= 0.6 is 15.9 Å². The highest BCUT2D eigenvalue weighted by atomic mass is 79.9. The zero-order chi connectivity index (χ0) is 21.6. The number of aliphatic hydroxyl groups is 1. The van der Waals surface area contributed by atoms with Gasteiger partial charge in [0.05, 0.1) is 17.9 Å². The SMILES string of the molecule is CCC1(NCc2cc(C(=O)OCc3ccc(CO)cc3)cc(Br)c2N)CCCCC1. The van der Waals surface area contributed by atoms with E-state index in [-0.39, 0.29) is 24.7 Å². The summed E-state index contributed by atoms with van der Waals surface area (Å²) >= 11 is 3.49. The molecule has 1 aliphatic rings. The highest BCUT2D eigenvalue weighted by Crippen LogP contribution is 2.32. The van der Waals surface area contributed by atoms with Crippen LogP contribution in [0.3, 0.4) is 0 Å². The van der Waals surface area contributed by atoms with Crippen molar-refractivity contribution in [2.24, 2.45) is 0 Å². The topological polar surface area (TPSA) is 84.6 Å². The molecule has 0 spiro atoms. The molecule has 0 aromatic heterocycles. The van der Waals surface area contributed by atoms with E-state index in [1.165, 1.54) is 32.1 Å². The molecule has 0 aliphatic heterocycles. The fourth-order valence-electron chi connectivity index (χ4n) is 4.08. The second-order valence-corrected chi connectivity index (χ2v) is 8.98. The van der Waals surface area contributed by atoms with Crippen LogP contribution in [0.4, 0.5) is 5.69 Å². The van der Waals surface area contributed by atoms with Gasteiger partial charge in [-0.2, -0.15) is 0 Å². The van der Waals surface area contributed by atoms with Crippen molar-refractivity contribution in [3.8, 4) is 0 Å². The number of ether oxygens (including phenoxy) is 1. The summed E-state index contributed by atoms with van der Waals surface area (Å²) < 4.78 is 6.19. The van der Waals surface area contributed by atoms with Crippen molar-refractivity contribution < 1.29 is 14.6 Å². The van der Waals surface area contributed by atoms with Gasteiger partial charge in [0.2, 0.25) is 0 Å². The number of aliphatic hydroxyl groups excluding tert-OH is 1. The van der Waals surface area contributed by atoms with E-state index in [4.69, 9.17) is 15.6 Å². The van der Waals surface area contributed by atoms with E-state index in [0.717, 1.165) is 23.1 Å². The molecule has 5 nitrogen and oxygen atoms in total. The number of carbonyl (C=O) groups is 1. The predicted octanol–water partition coefficient (Wildman–Crippen LogP) is 5.08. The molecule has 162 valence electrons. The molecule has 1 aliphatic carbocycles. The lowest BCUT2D eigenvalue weighted by Gasteiger charge is -2.38. The second-order valence-electron chi connectivity index (χ2n) is 8.13. The second kappa shape index (κ2) is 10.4. The summed E-state index contributed by atoms with van der Waals surface area (Å²) in [7, 11) is 0. The molecule has 1 saturated carbocycles. The monoisotopic (exact) mass is 474 g/mol. The zero-order valence-corrected chi connectivity index (χ0v) is 19.1. The van der Waals surface area contributed by atoms with Crippen LogP contribution < -0.4 is 11.1 Å². The summed E-state index contributed by atoms with van der Waals surface area (Å²) in [4.78, 5) is 12.6. The molecule has 0 amide bonds. The largest absolute Gasteiger partial charge is 0.457 e. The van der Waals surface area contributed by atoms with Crippen LogP contribution in [-0.2, 0) is 24.5 Å². The minimum absolute atomic E-state index is 0.00430. The number of nitrogens with one attached hydrogen (secondary N) is 1. The van der Waals surface area contributed by atoms with E-state index in [1.54, 1.807) is 6.07 Å². The first-order chi connectivity index (χ1) is 14.5. The highest BCUT2D eigenvalue weighted by Gasteiger charge is 2.29. The number of hydrogen-bond acceptors (Lipinski definition) is 5. The maximum absolute atomic E-state index is 12.6. The van der Waals surface area contributed by atoms with Crippen LogP contribution in [0.1, 0.15) is 72.5 Å². The first-order valence-corrected chi connectivity index (χ1v) is 11.4.